The van der Waals surface area contributed by atoms with Crippen molar-refractivity contribution in [1.29, 1.82) is 0 Å². The van der Waals surface area contributed by atoms with Crippen LogP contribution in [0.15, 0.2) is 0 Å². The minimum absolute atomic E-state index is 0.368. The van der Waals surface area contributed by atoms with Gasteiger partial charge in [-0.25, -0.2) is 0 Å². The molecular formula is C12H24N2O. The molecular weight excluding hydrogens is 188 g/mol. The van der Waals surface area contributed by atoms with E-state index in [1.807, 2.05) is 6.92 Å². The lowest BCUT2D eigenvalue weighted by molar-refractivity contribution is -0.120. The minimum Gasteiger partial charge on any atom is -0.301 e. The highest BCUT2D eigenvalue weighted by Gasteiger charge is 2.18. The Hall–Kier alpha value is -0.410. The highest BCUT2D eigenvalue weighted by Crippen LogP contribution is 2.05. The summed E-state index contributed by atoms with van der Waals surface area (Å²) in [6.07, 6.45) is 0.673. The van der Waals surface area contributed by atoms with E-state index in [0.717, 1.165) is 32.1 Å². The zero-order chi connectivity index (χ0) is 11.3. The molecule has 0 amide bonds. The smallest absolute Gasteiger partial charge is 0.146 e. The summed E-state index contributed by atoms with van der Waals surface area (Å²) in [6, 6.07) is 0. The summed E-state index contributed by atoms with van der Waals surface area (Å²) in [6.45, 7) is 12.7. The summed E-state index contributed by atoms with van der Waals surface area (Å²) in [5.41, 5.74) is 0. The van der Waals surface area contributed by atoms with Gasteiger partial charge in [0.1, 0.15) is 5.78 Å². The average molecular weight is 212 g/mol. The van der Waals surface area contributed by atoms with Crippen LogP contribution >= 0.6 is 0 Å². The van der Waals surface area contributed by atoms with Crippen molar-refractivity contribution in [2.75, 3.05) is 39.3 Å². The van der Waals surface area contributed by atoms with Crippen LogP contribution in [0, 0.1) is 5.92 Å². The quantitative estimate of drug-likeness (QED) is 0.685. The monoisotopic (exact) mass is 212 g/mol. The van der Waals surface area contributed by atoms with E-state index in [1.54, 1.807) is 0 Å². The third-order valence-electron chi connectivity index (χ3n) is 2.88. The fourth-order valence-electron chi connectivity index (χ4n) is 2.01. The predicted octanol–water partition coefficient (Wildman–Crippen LogP) is 1.24. The van der Waals surface area contributed by atoms with E-state index in [0.29, 0.717) is 18.7 Å². The third-order valence-corrected chi connectivity index (χ3v) is 2.88. The predicted molar refractivity (Wildman–Crippen MR) is 63.0 cm³/mol. The fraction of sp³-hybridized carbons (Fsp3) is 0.917. The molecule has 3 nitrogen and oxygen atoms in total. The first-order valence-electron chi connectivity index (χ1n) is 6.08. The average Bonchev–Trinajstić information content (AvgIpc) is 2.20. The van der Waals surface area contributed by atoms with Gasteiger partial charge in [0.25, 0.3) is 0 Å². The normalized spacial score (nSPS) is 19.7. The molecule has 0 aromatic rings. The van der Waals surface area contributed by atoms with Gasteiger partial charge in [0.2, 0.25) is 0 Å². The zero-order valence-corrected chi connectivity index (χ0v) is 10.3. The van der Waals surface area contributed by atoms with Crippen LogP contribution < -0.4 is 0 Å². The summed E-state index contributed by atoms with van der Waals surface area (Å²) < 4.78 is 0. The van der Waals surface area contributed by atoms with Gasteiger partial charge in [0.15, 0.2) is 0 Å². The molecule has 0 aliphatic carbocycles. The van der Waals surface area contributed by atoms with Gasteiger partial charge in [-0.1, -0.05) is 20.8 Å². The van der Waals surface area contributed by atoms with Gasteiger partial charge in [-0.3, -0.25) is 9.69 Å². The Labute approximate surface area is 93.4 Å². The second kappa shape index (κ2) is 6.23. The van der Waals surface area contributed by atoms with Gasteiger partial charge in [0, 0.05) is 39.1 Å². The Morgan fingerprint density at radius 1 is 1.13 bits per heavy atom. The molecule has 0 atom stereocenters. The Balaban J connectivity index is 2.20. The molecule has 0 spiro atoms. The van der Waals surface area contributed by atoms with Crippen LogP contribution in [0.5, 0.6) is 0 Å². The van der Waals surface area contributed by atoms with Crippen molar-refractivity contribution in [3.05, 3.63) is 0 Å². The topological polar surface area (TPSA) is 23.6 Å². The summed E-state index contributed by atoms with van der Waals surface area (Å²) in [5, 5.41) is 0. The number of hydrogen-bond acceptors (Lipinski definition) is 3. The van der Waals surface area contributed by atoms with E-state index in [2.05, 4.69) is 23.6 Å². The number of rotatable bonds is 5. The van der Waals surface area contributed by atoms with Gasteiger partial charge in [-0.05, 0) is 5.92 Å². The summed E-state index contributed by atoms with van der Waals surface area (Å²) in [4.78, 5) is 16.1. The van der Waals surface area contributed by atoms with Crippen molar-refractivity contribution in [3.63, 3.8) is 0 Å². The molecule has 0 bridgehead atoms. The molecule has 0 N–H and O–H groups in total. The van der Waals surface area contributed by atoms with Crippen LogP contribution in [-0.2, 0) is 4.79 Å². The highest BCUT2D eigenvalue weighted by molar-refractivity contribution is 5.80. The maximum atomic E-state index is 11.3. The molecule has 1 fully saturated rings. The van der Waals surface area contributed by atoms with E-state index in [1.165, 1.54) is 6.54 Å². The van der Waals surface area contributed by atoms with Gasteiger partial charge in [-0.15, -0.1) is 0 Å². The maximum Gasteiger partial charge on any atom is 0.146 e. The van der Waals surface area contributed by atoms with Crippen molar-refractivity contribution in [1.82, 2.24) is 9.80 Å². The van der Waals surface area contributed by atoms with E-state index in [-0.39, 0.29) is 0 Å². The molecule has 88 valence electrons. The van der Waals surface area contributed by atoms with Crippen LogP contribution in [0.2, 0.25) is 0 Å². The van der Waals surface area contributed by atoms with Crippen molar-refractivity contribution in [2.45, 2.75) is 27.2 Å². The molecule has 1 heterocycles. The van der Waals surface area contributed by atoms with Crippen LogP contribution in [0.1, 0.15) is 27.2 Å². The largest absolute Gasteiger partial charge is 0.301 e. The molecule has 1 saturated heterocycles. The van der Waals surface area contributed by atoms with E-state index in [9.17, 15) is 4.79 Å². The van der Waals surface area contributed by atoms with Crippen LogP contribution in [0.4, 0.5) is 0 Å². The van der Waals surface area contributed by atoms with Crippen molar-refractivity contribution >= 4 is 5.78 Å². The van der Waals surface area contributed by atoms with Crippen LogP contribution in [-0.4, -0.2) is 54.9 Å². The number of hydrogen-bond donors (Lipinski definition) is 0. The van der Waals surface area contributed by atoms with Crippen molar-refractivity contribution in [3.8, 4) is 0 Å². The first-order valence-corrected chi connectivity index (χ1v) is 6.08. The Kier molecular flexibility index (Phi) is 5.26. The lowest BCUT2D eigenvalue weighted by Gasteiger charge is -2.35. The van der Waals surface area contributed by atoms with E-state index >= 15 is 0 Å². The third kappa shape index (κ3) is 4.76. The van der Waals surface area contributed by atoms with Crippen molar-refractivity contribution < 1.29 is 4.79 Å². The van der Waals surface area contributed by atoms with Gasteiger partial charge < -0.3 is 4.90 Å². The first-order chi connectivity index (χ1) is 7.11. The van der Waals surface area contributed by atoms with Crippen LogP contribution in [0.25, 0.3) is 0 Å². The Morgan fingerprint density at radius 3 is 2.13 bits per heavy atom. The molecule has 1 rings (SSSR count). The lowest BCUT2D eigenvalue weighted by Crippen LogP contribution is -2.48. The SMILES string of the molecule is CCC(=O)CN1CCN(CC(C)C)CC1. The molecule has 0 unspecified atom stereocenters. The maximum absolute atomic E-state index is 11.3. The van der Waals surface area contributed by atoms with Gasteiger partial charge in [-0.2, -0.15) is 0 Å². The second-order valence-electron chi connectivity index (χ2n) is 4.86. The van der Waals surface area contributed by atoms with E-state index in [4.69, 9.17) is 0 Å². The van der Waals surface area contributed by atoms with E-state index < -0.39 is 0 Å². The van der Waals surface area contributed by atoms with Crippen LogP contribution in [0.3, 0.4) is 0 Å². The molecule has 0 saturated carbocycles. The fourth-order valence-corrected chi connectivity index (χ4v) is 2.01. The standard InChI is InChI=1S/C12H24N2O/c1-4-12(15)10-14-7-5-13(6-8-14)9-11(2)3/h11H,4-10H2,1-3H3. The van der Waals surface area contributed by atoms with Gasteiger partial charge in [0.05, 0.1) is 6.54 Å². The molecule has 0 radical (unpaired) electrons. The first kappa shape index (κ1) is 12.7. The molecule has 1 aliphatic heterocycles. The summed E-state index contributed by atoms with van der Waals surface area (Å²) in [5.74, 6) is 1.11. The summed E-state index contributed by atoms with van der Waals surface area (Å²) in [7, 11) is 0. The number of carbonyl (C=O) groups is 1. The molecule has 0 aromatic carbocycles. The number of piperazine rings is 1. The summed E-state index contributed by atoms with van der Waals surface area (Å²) >= 11 is 0. The molecule has 0 aromatic heterocycles. The Morgan fingerprint density at radius 2 is 1.67 bits per heavy atom. The molecule has 1 aliphatic rings. The molecule has 15 heavy (non-hydrogen) atoms. The second-order valence-corrected chi connectivity index (χ2v) is 4.86. The number of ketones is 1. The van der Waals surface area contributed by atoms with Gasteiger partial charge >= 0.3 is 0 Å². The number of Topliss-reactive ketones (excluding diaryl/α,β-unsaturated/α-hetero) is 1. The zero-order valence-electron chi connectivity index (χ0n) is 10.3. The number of nitrogens with zero attached hydrogens (tertiary/aromatic N) is 2. The highest BCUT2D eigenvalue weighted by atomic mass is 16.1. The molecule has 3 heteroatoms. The minimum atomic E-state index is 0.368. The lowest BCUT2D eigenvalue weighted by atomic mass is 10.2. The van der Waals surface area contributed by atoms with Crippen molar-refractivity contribution in [2.24, 2.45) is 5.92 Å². The number of carbonyl (C=O) groups excluding carboxylic acids is 1. The Bertz CT molecular complexity index is 196.